The molecule has 0 saturated carbocycles. The number of pyridine rings is 1. The highest BCUT2D eigenvalue weighted by atomic mass is 16.5. The van der Waals surface area contributed by atoms with Gasteiger partial charge in [0.1, 0.15) is 11.4 Å². The fourth-order valence-electron chi connectivity index (χ4n) is 1.92. The molecule has 4 heteroatoms. The molecule has 0 fully saturated rings. The number of anilines is 1. The number of ether oxygens (including phenoxy) is 1. The molecule has 0 aliphatic heterocycles. The van der Waals surface area contributed by atoms with Gasteiger partial charge in [-0.3, -0.25) is 9.98 Å². The van der Waals surface area contributed by atoms with Crippen molar-refractivity contribution in [1.82, 2.24) is 4.98 Å². The number of nitrogens with one attached hydrogen (secondary N) is 1. The Morgan fingerprint density at radius 1 is 1.45 bits per heavy atom. The van der Waals surface area contributed by atoms with Gasteiger partial charge >= 0.3 is 0 Å². The number of hydrogen-bond acceptors (Lipinski definition) is 4. The van der Waals surface area contributed by atoms with Crippen LogP contribution in [0.25, 0.3) is 0 Å². The molecule has 20 heavy (non-hydrogen) atoms. The lowest BCUT2D eigenvalue weighted by atomic mass is 10.1. The van der Waals surface area contributed by atoms with Crippen LogP contribution in [0.3, 0.4) is 0 Å². The molecule has 1 aromatic rings. The Balaban J connectivity index is 2.76. The molecule has 0 spiro atoms. The Morgan fingerprint density at radius 2 is 2.15 bits per heavy atom. The van der Waals surface area contributed by atoms with Crippen LogP contribution in [0.2, 0.25) is 0 Å². The quantitative estimate of drug-likeness (QED) is 0.636. The third kappa shape index (κ3) is 5.03. The van der Waals surface area contributed by atoms with E-state index < -0.39 is 0 Å². The molecule has 0 atom stereocenters. The summed E-state index contributed by atoms with van der Waals surface area (Å²) in [6.07, 6.45) is 4.47. The van der Waals surface area contributed by atoms with E-state index in [1.807, 2.05) is 33.9 Å². The van der Waals surface area contributed by atoms with E-state index in [1.165, 1.54) is 0 Å². The van der Waals surface area contributed by atoms with Gasteiger partial charge in [0.15, 0.2) is 0 Å². The van der Waals surface area contributed by atoms with Crippen LogP contribution in [-0.4, -0.2) is 29.9 Å². The van der Waals surface area contributed by atoms with Crippen molar-refractivity contribution >= 4 is 11.4 Å². The normalized spacial score (nSPS) is 12.2. The van der Waals surface area contributed by atoms with E-state index >= 15 is 0 Å². The maximum Gasteiger partial charge on any atom is 0.109 e. The average Bonchev–Trinajstić information content (AvgIpc) is 2.37. The molecular formula is C16H25N3O. The third-order valence-corrected chi connectivity index (χ3v) is 2.66. The Morgan fingerprint density at radius 3 is 2.70 bits per heavy atom. The van der Waals surface area contributed by atoms with Crippen LogP contribution in [0.15, 0.2) is 35.8 Å². The first-order valence-corrected chi connectivity index (χ1v) is 6.88. The summed E-state index contributed by atoms with van der Waals surface area (Å²) in [7, 11) is 1.81. The van der Waals surface area contributed by atoms with Crippen molar-refractivity contribution in [2.75, 3.05) is 18.9 Å². The lowest BCUT2D eigenvalue weighted by Crippen LogP contribution is -2.21. The summed E-state index contributed by atoms with van der Waals surface area (Å²) < 4.78 is 5.70. The number of hydrogen-bond donors (Lipinski definition) is 1. The third-order valence-electron chi connectivity index (χ3n) is 2.66. The fourth-order valence-corrected chi connectivity index (χ4v) is 1.92. The summed E-state index contributed by atoms with van der Waals surface area (Å²) >= 11 is 0. The summed E-state index contributed by atoms with van der Waals surface area (Å²) in [6.45, 7) is 12.6. The van der Waals surface area contributed by atoms with Gasteiger partial charge in [-0.1, -0.05) is 13.5 Å². The van der Waals surface area contributed by atoms with E-state index in [1.54, 1.807) is 12.4 Å². The van der Waals surface area contributed by atoms with Crippen LogP contribution in [0.1, 0.15) is 39.7 Å². The molecule has 0 amide bonds. The Bertz CT molecular complexity index is 487. The van der Waals surface area contributed by atoms with Crippen LogP contribution in [0.5, 0.6) is 0 Å². The number of aromatic nitrogens is 1. The van der Waals surface area contributed by atoms with Crippen molar-refractivity contribution in [3.63, 3.8) is 0 Å². The Kier molecular flexibility index (Phi) is 5.74. The highest BCUT2D eigenvalue weighted by molar-refractivity contribution is 6.04. The molecule has 1 rings (SSSR count). The minimum Gasteiger partial charge on any atom is -0.491 e. The molecule has 4 nitrogen and oxygen atoms in total. The van der Waals surface area contributed by atoms with Crippen LogP contribution in [0.4, 0.5) is 5.69 Å². The molecule has 0 aromatic carbocycles. The minimum atomic E-state index is -0.226. The van der Waals surface area contributed by atoms with Gasteiger partial charge in [-0.25, -0.2) is 0 Å². The lowest BCUT2D eigenvalue weighted by Gasteiger charge is -2.23. The van der Waals surface area contributed by atoms with E-state index in [4.69, 9.17) is 4.74 Å². The zero-order valence-electron chi connectivity index (χ0n) is 13.2. The van der Waals surface area contributed by atoms with Crippen molar-refractivity contribution in [3.8, 4) is 0 Å². The summed E-state index contributed by atoms with van der Waals surface area (Å²) in [5.41, 5.74) is 2.86. The van der Waals surface area contributed by atoms with Crippen LogP contribution >= 0.6 is 0 Å². The molecule has 1 N–H and O–H groups in total. The number of aliphatic imine (C=N–C) groups is 1. The van der Waals surface area contributed by atoms with Crippen molar-refractivity contribution < 1.29 is 4.74 Å². The topological polar surface area (TPSA) is 46.5 Å². The summed E-state index contributed by atoms with van der Waals surface area (Å²) in [6, 6.07) is 1.97. The standard InChI is InChI=1S/C16H25N3O/c1-7-14(17-6)13-8-9-18-11-15(13)19-10-12(2)20-16(3,4)5/h8-9,11,19H,2,7,10H2,1,3-6H3. The van der Waals surface area contributed by atoms with Gasteiger partial charge in [-0.05, 0) is 33.3 Å². The first-order valence-electron chi connectivity index (χ1n) is 6.88. The molecule has 0 saturated heterocycles. The molecule has 0 unspecified atom stereocenters. The minimum absolute atomic E-state index is 0.226. The monoisotopic (exact) mass is 275 g/mol. The Labute approximate surface area is 122 Å². The van der Waals surface area contributed by atoms with E-state index in [0.29, 0.717) is 12.3 Å². The second-order valence-electron chi connectivity index (χ2n) is 5.55. The fraction of sp³-hybridized carbons (Fsp3) is 0.500. The smallest absolute Gasteiger partial charge is 0.109 e. The molecule has 0 aliphatic carbocycles. The first kappa shape index (κ1) is 16.2. The summed E-state index contributed by atoms with van der Waals surface area (Å²) in [5, 5.41) is 3.32. The number of nitrogens with zero attached hydrogens (tertiary/aromatic N) is 2. The van der Waals surface area contributed by atoms with Gasteiger partial charge in [0.05, 0.1) is 18.4 Å². The molecule has 0 bridgehead atoms. The van der Waals surface area contributed by atoms with Crippen molar-refractivity contribution in [2.45, 2.75) is 39.7 Å². The van der Waals surface area contributed by atoms with Gasteiger partial charge < -0.3 is 10.1 Å². The van der Waals surface area contributed by atoms with Crippen molar-refractivity contribution in [2.24, 2.45) is 4.99 Å². The summed E-state index contributed by atoms with van der Waals surface area (Å²) in [5.74, 6) is 0.707. The second-order valence-corrected chi connectivity index (χ2v) is 5.55. The second kappa shape index (κ2) is 7.08. The van der Waals surface area contributed by atoms with E-state index in [9.17, 15) is 0 Å². The van der Waals surface area contributed by atoms with Crippen LogP contribution in [-0.2, 0) is 4.74 Å². The van der Waals surface area contributed by atoms with Crippen molar-refractivity contribution in [3.05, 3.63) is 36.4 Å². The lowest BCUT2D eigenvalue weighted by molar-refractivity contribution is 0.0530. The first-order chi connectivity index (χ1) is 9.37. The van der Waals surface area contributed by atoms with Gasteiger partial charge in [-0.15, -0.1) is 0 Å². The Hall–Kier alpha value is -1.84. The van der Waals surface area contributed by atoms with E-state index in [0.717, 1.165) is 23.4 Å². The van der Waals surface area contributed by atoms with Crippen LogP contribution in [0, 0.1) is 0 Å². The largest absolute Gasteiger partial charge is 0.491 e. The average molecular weight is 275 g/mol. The molecule has 0 radical (unpaired) electrons. The SMILES string of the molecule is C=C(CNc1cnccc1C(CC)=NC)OC(C)(C)C. The highest BCUT2D eigenvalue weighted by Crippen LogP contribution is 2.18. The van der Waals surface area contributed by atoms with Crippen LogP contribution < -0.4 is 5.32 Å². The van der Waals surface area contributed by atoms with Gasteiger partial charge in [-0.2, -0.15) is 0 Å². The van der Waals surface area contributed by atoms with Gasteiger partial charge in [0.2, 0.25) is 0 Å². The van der Waals surface area contributed by atoms with Crippen molar-refractivity contribution in [1.29, 1.82) is 0 Å². The molecule has 1 heterocycles. The predicted molar refractivity (Wildman–Crippen MR) is 85.5 cm³/mol. The molecular weight excluding hydrogens is 250 g/mol. The summed E-state index contributed by atoms with van der Waals surface area (Å²) in [4.78, 5) is 8.48. The predicted octanol–water partition coefficient (Wildman–Crippen LogP) is 3.65. The molecule has 0 aliphatic rings. The highest BCUT2D eigenvalue weighted by Gasteiger charge is 2.13. The van der Waals surface area contributed by atoms with E-state index in [2.05, 4.69) is 28.8 Å². The maximum atomic E-state index is 5.70. The molecule has 110 valence electrons. The maximum absolute atomic E-state index is 5.70. The zero-order valence-corrected chi connectivity index (χ0v) is 13.2. The number of rotatable bonds is 6. The van der Waals surface area contributed by atoms with Gasteiger partial charge in [0, 0.05) is 24.5 Å². The van der Waals surface area contributed by atoms with E-state index in [-0.39, 0.29) is 5.60 Å². The zero-order chi connectivity index (χ0) is 15.2. The van der Waals surface area contributed by atoms with Gasteiger partial charge in [0.25, 0.3) is 0 Å². The molecule has 1 aromatic heterocycles.